The van der Waals surface area contributed by atoms with Crippen molar-refractivity contribution in [1.29, 1.82) is 0 Å². The van der Waals surface area contributed by atoms with E-state index in [1.165, 1.54) is 0 Å². The number of ether oxygens (including phenoxy) is 2. The zero-order chi connectivity index (χ0) is 20.4. The summed E-state index contributed by atoms with van der Waals surface area (Å²) >= 11 is 15.8. The first-order valence-corrected chi connectivity index (χ1v) is 10.6. The molecule has 0 spiro atoms. The van der Waals surface area contributed by atoms with Gasteiger partial charge in [-0.1, -0.05) is 45.2 Å². The maximum absolute atomic E-state index is 8.77. The van der Waals surface area contributed by atoms with Gasteiger partial charge >= 0.3 is 0 Å². The summed E-state index contributed by atoms with van der Waals surface area (Å²) in [5, 5.41) is 16.5. The van der Waals surface area contributed by atoms with Crippen LogP contribution in [0.25, 0.3) is 0 Å². The van der Waals surface area contributed by atoms with Gasteiger partial charge in [-0.15, -0.1) is 0 Å². The van der Waals surface area contributed by atoms with Crippen LogP contribution < -0.4 is 20.1 Å². The lowest BCUT2D eigenvalue weighted by Crippen LogP contribution is -2.24. The van der Waals surface area contributed by atoms with Gasteiger partial charge in [0, 0.05) is 38.7 Å². The molecule has 154 valence electrons. The van der Waals surface area contributed by atoms with Gasteiger partial charge in [-0.2, -0.15) is 0 Å². The molecule has 0 aliphatic rings. The van der Waals surface area contributed by atoms with Crippen molar-refractivity contribution in [2.24, 2.45) is 0 Å². The minimum atomic E-state index is 0.155. The molecule has 0 aliphatic carbocycles. The van der Waals surface area contributed by atoms with Gasteiger partial charge in [0.2, 0.25) is 0 Å². The van der Waals surface area contributed by atoms with Gasteiger partial charge in [-0.3, -0.25) is 0 Å². The number of halogens is 3. The first-order valence-electron chi connectivity index (χ1n) is 9.01. The number of hydrogen-bond donors (Lipinski definition) is 3. The molecule has 0 heterocycles. The lowest BCUT2D eigenvalue weighted by molar-refractivity contribution is 0.280. The topological polar surface area (TPSA) is 62.8 Å². The fraction of sp³-hybridized carbons (Fsp3) is 0.400. The van der Waals surface area contributed by atoms with Crippen molar-refractivity contribution in [2.45, 2.75) is 19.6 Å². The van der Waals surface area contributed by atoms with Crippen molar-refractivity contribution >= 4 is 39.1 Å². The second kappa shape index (κ2) is 12.5. The van der Waals surface area contributed by atoms with Crippen LogP contribution in [-0.2, 0) is 13.2 Å². The Hall–Kier alpha value is -1.02. The highest BCUT2D eigenvalue weighted by Crippen LogP contribution is 2.37. The van der Waals surface area contributed by atoms with Crippen LogP contribution in [0.4, 0.5) is 0 Å². The highest BCUT2D eigenvalue weighted by Gasteiger charge is 2.15. The number of nitrogens with one attached hydrogen (secondary N) is 2. The summed E-state index contributed by atoms with van der Waals surface area (Å²) in [7, 11) is 1.62. The molecule has 5 nitrogen and oxygen atoms in total. The molecule has 28 heavy (non-hydrogen) atoms. The average molecular weight is 492 g/mol. The fourth-order valence-electron chi connectivity index (χ4n) is 2.61. The third-order valence-electron chi connectivity index (χ3n) is 4.07. The predicted octanol–water partition coefficient (Wildman–Crippen LogP) is 4.41. The molecule has 2 rings (SSSR count). The summed E-state index contributed by atoms with van der Waals surface area (Å²) in [6, 6.07) is 9.16. The predicted molar refractivity (Wildman–Crippen MR) is 118 cm³/mol. The average Bonchev–Trinajstić information content (AvgIpc) is 2.68. The van der Waals surface area contributed by atoms with E-state index < -0.39 is 0 Å². The summed E-state index contributed by atoms with van der Waals surface area (Å²) in [5.74, 6) is 1.34. The Morgan fingerprint density at radius 2 is 1.86 bits per heavy atom. The molecule has 0 saturated carbocycles. The maximum Gasteiger partial charge on any atom is 0.167 e. The summed E-state index contributed by atoms with van der Waals surface area (Å²) in [6.45, 7) is 3.40. The maximum atomic E-state index is 8.77. The number of methoxy groups -OCH3 is 1. The summed E-state index contributed by atoms with van der Waals surface area (Å²) in [4.78, 5) is 0. The summed E-state index contributed by atoms with van der Waals surface area (Å²) in [6.07, 6.45) is 0.957. The number of benzene rings is 2. The van der Waals surface area contributed by atoms with E-state index in [9.17, 15) is 0 Å². The number of aliphatic hydroxyl groups is 1. The van der Waals surface area contributed by atoms with Gasteiger partial charge < -0.3 is 25.2 Å². The fourth-order valence-corrected chi connectivity index (χ4v) is 3.53. The van der Waals surface area contributed by atoms with E-state index in [1.807, 2.05) is 18.2 Å². The van der Waals surface area contributed by atoms with Crippen LogP contribution in [-0.4, -0.2) is 38.5 Å². The van der Waals surface area contributed by atoms with E-state index in [0.29, 0.717) is 41.2 Å². The molecule has 2 aromatic carbocycles. The molecule has 0 saturated heterocycles. The Morgan fingerprint density at radius 1 is 1.07 bits per heavy atom. The van der Waals surface area contributed by atoms with Crippen molar-refractivity contribution in [3.05, 3.63) is 56.0 Å². The third-order valence-corrected chi connectivity index (χ3v) is 5.40. The Kier molecular flexibility index (Phi) is 10.4. The summed E-state index contributed by atoms with van der Waals surface area (Å²) < 4.78 is 12.5. The van der Waals surface area contributed by atoms with Crippen LogP contribution in [0.1, 0.15) is 17.5 Å². The zero-order valence-electron chi connectivity index (χ0n) is 15.7. The third kappa shape index (κ3) is 7.10. The highest BCUT2D eigenvalue weighted by atomic mass is 79.9. The van der Waals surface area contributed by atoms with Gasteiger partial charge in [0.05, 0.1) is 13.7 Å². The Morgan fingerprint density at radius 3 is 2.57 bits per heavy atom. The molecule has 0 aromatic heterocycles. The molecule has 0 amide bonds. The molecule has 0 radical (unpaired) electrons. The molecule has 8 heteroatoms. The molecule has 0 unspecified atom stereocenters. The van der Waals surface area contributed by atoms with Crippen molar-refractivity contribution in [3.8, 4) is 11.5 Å². The van der Waals surface area contributed by atoms with E-state index in [0.717, 1.165) is 35.1 Å². The molecule has 0 bridgehead atoms. The van der Waals surface area contributed by atoms with Crippen LogP contribution in [0.2, 0.25) is 10.0 Å². The first kappa shape index (κ1) is 23.3. The van der Waals surface area contributed by atoms with E-state index in [1.54, 1.807) is 19.2 Å². The van der Waals surface area contributed by atoms with E-state index in [2.05, 4.69) is 26.6 Å². The lowest BCUT2D eigenvalue weighted by atomic mass is 10.1. The number of hydrogen-bond acceptors (Lipinski definition) is 5. The van der Waals surface area contributed by atoms with Crippen LogP contribution >= 0.6 is 39.1 Å². The second-order valence-electron chi connectivity index (χ2n) is 6.09. The van der Waals surface area contributed by atoms with Gasteiger partial charge in [-0.25, -0.2) is 0 Å². The van der Waals surface area contributed by atoms with E-state index in [4.69, 9.17) is 37.8 Å². The van der Waals surface area contributed by atoms with Crippen LogP contribution in [0.5, 0.6) is 11.5 Å². The molecular weight excluding hydrogens is 467 g/mol. The van der Waals surface area contributed by atoms with Gasteiger partial charge in [0.15, 0.2) is 11.5 Å². The normalized spacial score (nSPS) is 10.9. The Bertz CT molecular complexity index is 762. The first-order chi connectivity index (χ1) is 13.6. The quantitative estimate of drug-likeness (QED) is 0.384. The van der Waals surface area contributed by atoms with Crippen LogP contribution in [0.3, 0.4) is 0 Å². The number of rotatable bonds is 12. The van der Waals surface area contributed by atoms with Crippen molar-refractivity contribution < 1.29 is 14.6 Å². The Labute approximate surface area is 184 Å². The van der Waals surface area contributed by atoms with Crippen molar-refractivity contribution in [3.63, 3.8) is 0 Å². The van der Waals surface area contributed by atoms with E-state index in [-0.39, 0.29) is 6.61 Å². The SMILES string of the molecule is COc1ccc(Br)c(CNCCCNCCO)c1OCc1ccc(Cl)cc1Cl. The van der Waals surface area contributed by atoms with Crippen LogP contribution in [0.15, 0.2) is 34.8 Å². The van der Waals surface area contributed by atoms with E-state index >= 15 is 0 Å². The molecular formula is C20H25BrCl2N2O3. The smallest absolute Gasteiger partial charge is 0.167 e. The van der Waals surface area contributed by atoms with Gasteiger partial charge in [0.25, 0.3) is 0 Å². The van der Waals surface area contributed by atoms with Crippen molar-refractivity contribution in [2.75, 3.05) is 33.4 Å². The minimum Gasteiger partial charge on any atom is -0.493 e. The monoisotopic (exact) mass is 490 g/mol. The molecule has 0 fully saturated rings. The van der Waals surface area contributed by atoms with Gasteiger partial charge in [0.1, 0.15) is 6.61 Å². The molecule has 0 atom stereocenters. The summed E-state index contributed by atoms with van der Waals surface area (Å²) in [5.41, 5.74) is 1.83. The minimum absolute atomic E-state index is 0.155. The highest BCUT2D eigenvalue weighted by molar-refractivity contribution is 9.10. The largest absolute Gasteiger partial charge is 0.493 e. The molecule has 2 aromatic rings. The number of aliphatic hydroxyl groups excluding tert-OH is 1. The van der Waals surface area contributed by atoms with Crippen molar-refractivity contribution in [1.82, 2.24) is 10.6 Å². The zero-order valence-corrected chi connectivity index (χ0v) is 18.8. The lowest BCUT2D eigenvalue weighted by Gasteiger charge is -2.18. The molecule has 0 aliphatic heterocycles. The Balaban J connectivity index is 2.03. The second-order valence-corrected chi connectivity index (χ2v) is 7.78. The molecule has 3 N–H and O–H groups in total. The van der Waals surface area contributed by atoms with Crippen LogP contribution in [0, 0.1) is 0 Å². The standard InChI is InChI=1S/C20H25BrCl2N2O3/c1-27-19-6-5-17(21)16(12-25-8-2-7-24-9-10-26)20(19)28-13-14-3-4-15(22)11-18(14)23/h3-6,11,24-26H,2,7-10,12-13H2,1H3. The van der Waals surface area contributed by atoms with Gasteiger partial charge in [-0.05, 0) is 43.8 Å².